The number of halogens is 11. The second-order valence-corrected chi connectivity index (χ2v) is 11.8. The standard InChI is InChI=1S/C30H27F11N8O3/c1-49-20(10-21(48-49)30(39,40)41)25(51)42-11-13-2-7-17(29(36,37)38)18(8-13)44-27-45-19-9-16(26(46-23(19)47-27)52-12-22(31)32)24(50)43-15-5-3-14(4-6-15)28(33,34)35/h2,7-10,14-15,22H,3-6,11-12H2,1H3,(H,42,51)(H,43,50)(H2,44,45,46,47)/t14-,15-. The number of alkyl halides is 11. The Morgan fingerprint density at radius 3 is 2.23 bits per heavy atom. The highest BCUT2D eigenvalue weighted by atomic mass is 19.4. The van der Waals surface area contributed by atoms with E-state index in [0.29, 0.717) is 16.8 Å². The smallest absolute Gasteiger partial charge is 0.435 e. The zero-order valence-electron chi connectivity index (χ0n) is 26.5. The maximum absolute atomic E-state index is 14.0. The second kappa shape index (κ2) is 14.4. The summed E-state index contributed by atoms with van der Waals surface area (Å²) in [5, 5.41) is 10.5. The first-order valence-corrected chi connectivity index (χ1v) is 15.2. The SMILES string of the molecule is Cn1nc(C(F)(F)F)cc1C(=O)NCc1ccc(C(F)(F)F)c(Nc2nc3cc(C(=O)N[C@H]4CC[C@H](C(F)(F)F)CC4)c(OCC(F)F)nc3[nH]2)c1. The molecule has 5 rings (SSSR count). The van der Waals surface area contributed by atoms with Crippen molar-refractivity contribution >= 4 is 34.6 Å². The largest absolute Gasteiger partial charge is 0.471 e. The number of imidazole rings is 1. The number of aromatic nitrogens is 5. The third-order valence-electron chi connectivity index (χ3n) is 8.05. The number of ether oxygens (including phenoxy) is 1. The van der Waals surface area contributed by atoms with Crippen molar-refractivity contribution in [3.63, 3.8) is 0 Å². The number of fused-ring (bicyclic) bond motifs is 1. The predicted octanol–water partition coefficient (Wildman–Crippen LogP) is 6.90. The number of rotatable bonds is 10. The van der Waals surface area contributed by atoms with Crippen molar-refractivity contribution in [1.82, 2.24) is 35.4 Å². The van der Waals surface area contributed by atoms with E-state index in [1.165, 1.54) is 0 Å². The number of anilines is 2. The van der Waals surface area contributed by atoms with Gasteiger partial charge in [0.1, 0.15) is 16.8 Å². The van der Waals surface area contributed by atoms with Crippen molar-refractivity contribution in [3.05, 3.63) is 58.4 Å². The molecule has 22 heteroatoms. The van der Waals surface area contributed by atoms with Gasteiger partial charge in [-0.1, -0.05) is 6.07 Å². The van der Waals surface area contributed by atoms with E-state index in [0.717, 1.165) is 25.2 Å². The average molecular weight is 757 g/mol. The summed E-state index contributed by atoms with van der Waals surface area (Å²) >= 11 is 0. The molecule has 0 spiro atoms. The summed E-state index contributed by atoms with van der Waals surface area (Å²) in [6, 6.07) is 3.56. The molecule has 4 aromatic rings. The Kier molecular flexibility index (Phi) is 10.6. The fourth-order valence-corrected chi connectivity index (χ4v) is 5.50. The number of hydrogen-bond donors (Lipinski definition) is 4. The lowest BCUT2D eigenvalue weighted by Gasteiger charge is -2.30. The molecule has 3 aromatic heterocycles. The van der Waals surface area contributed by atoms with E-state index < -0.39 is 96.0 Å². The van der Waals surface area contributed by atoms with E-state index in [9.17, 15) is 57.9 Å². The fourth-order valence-electron chi connectivity index (χ4n) is 5.50. The van der Waals surface area contributed by atoms with Crippen LogP contribution in [0.25, 0.3) is 11.2 Å². The van der Waals surface area contributed by atoms with Crippen LogP contribution in [0, 0.1) is 5.92 Å². The van der Waals surface area contributed by atoms with Crippen LogP contribution in [0.2, 0.25) is 0 Å². The summed E-state index contributed by atoms with van der Waals surface area (Å²) in [7, 11) is 1.10. The lowest BCUT2D eigenvalue weighted by atomic mass is 9.85. The molecule has 1 aromatic carbocycles. The predicted molar refractivity (Wildman–Crippen MR) is 159 cm³/mol. The Bertz CT molecular complexity index is 1930. The Labute approximate surface area is 285 Å². The van der Waals surface area contributed by atoms with Gasteiger partial charge in [-0.15, -0.1) is 0 Å². The number of amides is 2. The summed E-state index contributed by atoms with van der Waals surface area (Å²) in [5.41, 5.74) is -4.26. The zero-order chi connectivity index (χ0) is 38.2. The van der Waals surface area contributed by atoms with Crippen LogP contribution in [-0.2, 0) is 25.9 Å². The van der Waals surface area contributed by atoms with Gasteiger partial charge in [0.15, 0.2) is 17.9 Å². The molecule has 0 saturated heterocycles. The van der Waals surface area contributed by atoms with E-state index >= 15 is 0 Å². The summed E-state index contributed by atoms with van der Waals surface area (Å²) in [6.45, 7) is -1.63. The molecule has 0 aliphatic heterocycles. The summed E-state index contributed by atoms with van der Waals surface area (Å²) in [5.74, 6) is -4.42. The van der Waals surface area contributed by atoms with Crippen LogP contribution in [0.5, 0.6) is 5.88 Å². The van der Waals surface area contributed by atoms with Crippen LogP contribution in [0.4, 0.5) is 59.9 Å². The van der Waals surface area contributed by atoms with Crippen LogP contribution in [0.15, 0.2) is 30.3 Å². The fraction of sp³-hybridized carbons (Fsp3) is 0.433. The summed E-state index contributed by atoms with van der Waals surface area (Å²) < 4.78 is 152. The number of nitrogens with zero attached hydrogens (tertiary/aromatic N) is 4. The highest BCUT2D eigenvalue weighted by Crippen LogP contribution is 2.39. The summed E-state index contributed by atoms with van der Waals surface area (Å²) in [6.07, 6.45) is -17.6. The topological polar surface area (TPSA) is 139 Å². The molecule has 1 fully saturated rings. The number of aryl methyl sites for hydroxylation is 1. The molecule has 1 aliphatic carbocycles. The van der Waals surface area contributed by atoms with E-state index in [2.05, 4.69) is 36.0 Å². The van der Waals surface area contributed by atoms with Crippen LogP contribution in [-0.4, -0.2) is 61.8 Å². The van der Waals surface area contributed by atoms with Gasteiger partial charge in [0.05, 0.1) is 17.2 Å². The number of pyridine rings is 1. The van der Waals surface area contributed by atoms with Crippen LogP contribution in [0.3, 0.4) is 0 Å². The first-order valence-electron chi connectivity index (χ1n) is 15.2. The van der Waals surface area contributed by atoms with Gasteiger partial charge in [-0.2, -0.15) is 49.6 Å². The first kappa shape index (κ1) is 38.1. The number of aromatic amines is 1. The van der Waals surface area contributed by atoms with Gasteiger partial charge in [0.2, 0.25) is 11.8 Å². The number of carbonyl (C=O) groups is 2. The quantitative estimate of drug-likeness (QED) is 0.129. The van der Waals surface area contributed by atoms with Gasteiger partial charge in [0, 0.05) is 25.7 Å². The molecule has 4 N–H and O–H groups in total. The number of carbonyl (C=O) groups excluding carboxylic acids is 2. The van der Waals surface area contributed by atoms with Crippen molar-refractivity contribution in [2.45, 2.75) is 63.2 Å². The van der Waals surface area contributed by atoms with E-state index in [4.69, 9.17) is 4.74 Å². The van der Waals surface area contributed by atoms with Gasteiger partial charge in [-0.25, -0.2) is 13.8 Å². The van der Waals surface area contributed by atoms with Crippen molar-refractivity contribution < 1.29 is 62.6 Å². The molecule has 282 valence electrons. The molecule has 52 heavy (non-hydrogen) atoms. The lowest BCUT2D eigenvalue weighted by molar-refractivity contribution is -0.182. The molecular formula is C30H27F11N8O3. The highest BCUT2D eigenvalue weighted by Gasteiger charge is 2.42. The highest BCUT2D eigenvalue weighted by molar-refractivity contribution is 5.99. The van der Waals surface area contributed by atoms with Crippen molar-refractivity contribution in [3.8, 4) is 5.88 Å². The van der Waals surface area contributed by atoms with Gasteiger partial charge < -0.3 is 25.7 Å². The first-order chi connectivity index (χ1) is 24.2. The van der Waals surface area contributed by atoms with Crippen molar-refractivity contribution in [2.24, 2.45) is 13.0 Å². The molecule has 0 unspecified atom stereocenters. The number of nitrogens with one attached hydrogen (secondary N) is 4. The molecule has 1 saturated carbocycles. The molecule has 11 nitrogen and oxygen atoms in total. The molecule has 3 heterocycles. The van der Waals surface area contributed by atoms with Crippen molar-refractivity contribution in [1.29, 1.82) is 0 Å². The van der Waals surface area contributed by atoms with Gasteiger partial charge in [-0.05, 0) is 49.4 Å². The summed E-state index contributed by atoms with van der Waals surface area (Å²) in [4.78, 5) is 36.3. The minimum Gasteiger partial charge on any atom is -0.471 e. The van der Waals surface area contributed by atoms with Crippen LogP contribution >= 0.6 is 0 Å². The lowest BCUT2D eigenvalue weighted by Crippen LogP contribution is -2.40. The molecule has 2 amide bonds. The van der Waals surface area contributed by atoms with Gasteiger partial charge in [-0.3, -0.25) is 14.3 Å². The van der Waals surface area contributed by atoms with E-state index in [1.54, 1.807) is 0 Å². The minimum atomic E-state index is -4.92. The maximum Gasteiger partial charge on any atom is 0.435 e. The third kappa shape index (κ3) is 8.99. The molecule has 1 aliphatic rings. The van der Waals surface area contributed by atoms with E-state index in [-0.39, 0.29) is 48.4 Å². The van der Waals surface area contributed by atoms with Gasteiger partial charge in [0.25, 0.3) is 18.2 Å². The Hall–Kier alpha value is -5.18. The maximum atomic E-state index is 14.0. The Balaban J connectivity index is 1.37. The average Bonchev–Trinajstić information content (AvgIpc) is 3.63. The monoisotopic (exact) mass is 756 g/mol. The second-order valence-electron chi connectivity index (χ2n) is 11.8. The Morgan fingerprint density at radius 2 is 1.63 bits per heavy atom. The Morgan fingerprint density at radius 1 is 0.942 bits per heavy atom. The zero-order valence-corrected chi connectivity index (χ0v) is 26.5. The van der Waals surface area contributed by atoms with Crippen LogP contribution < -0.4 is 20.7 Å². The van der Waals surface area contributed by atoms with Crippen molar-refractivity contribution in [2.75, 3.05) is 11.9 Å². The van der Waals surface area contributed by atoms with E-state index in [1.807, 2.05) is 0 Å². The number of benzene rings is 1. The normalized spacial score (nSPS) is 17.0. The van der Waals surface area contributed by atoms with Gasteiger partial charge >= 0.3 is 18.5 Å². The third-order valence-corrected chi connectivity index (χ3v) is 8.05. The van der Waals surface area contributed by atoms with Crippen LogP contribution in [0.1, 0.15) is 63.4 Å². The molecule has 0 bridgehead atoms. The molecular weight excluding hydrogens is 729 g/mol. The molecule has 0 radical (unpaired) electrons. The number of hydrogen-bond acceptors (Lipinski definition) is 7. The molecule has 0 atom stereocenters. The minimum absolute atomic E-state index is 0.0120. The number of H-pyrrole nitrogens is 1.